The molecule has 1 aliphatic heterocycles. The van der Waals surface area contributed by atoms with E-state index in [0.717, 1.165) is 36.9 Å². The summed E-state index contributed by atoms with van der Waals surface area (Å²) in [5.41, 5.74) is 1.39. The van der Waals surface area contributed by atoms with E-state index in [1.54, 1.807) is 26.0 Å². The lowest BCUT2D eigenvalue weighted by atomic mass is 9.91. The molecule has 0 amide bonds. The van der Waals surface area contributed by atoms with Crippen molar-refractivity contribution in [3.05, 3.63) is 17.7 Å². The van der Waals surface area contributed by atoms with Crippen LogP contribution in [-0.4, -0.2) is 33.6 Å². The van der Waals surface area contributed by atoms with Crippen molar-refractivity contribution >= 4 is 11.8 Å². The van der Waals surface area contributed by atoms with E-state index in [1.165, 1.54) is 23.3 Å². The lowest BCUT2D eigenvalue weighted by Crippen LogP contribution is -2.28. The molecule has 19 heavy (non-hydrogen) atoms. The van der Waals surface area contributed by atoms with Gasteiger partial charge in [0, 0.05) is 4.90 Å². The zero-order valence-corrected chi connectivity index (χ0v) is 12.8. The van der Waals surface area contributed by atoms with E-state index in [1.807, 2.05) is 0 Å². The minimum absolute atomic E-state index is 0.783. The second-order valence-corrected chi connectivity index (χ2v) is 5.76. The van der Waals surface area contributed by atoms with Crippen LogP contribution in [0.5, 0.6) is 11.5 Å². The van der Waals surface area contributed by atoms with E-state index < -0.39 is 0 Å². The largest absolute Gasteiger partial charge is 0.493 e. The van der Waals surface area contributed by atoms with E-state index in [9.17, 15) is 0 Å². The quantitative estimate of drug-likeness (QED) is 0.841. The lowest BCUT2D eigenvalue weighted by Gasteiger charge is -2.24. The molecule has 0 unspecified atom stereocenters. The van der Waals surface area contributed by atoms with Gasteiger partial charge >= 0.3 is 0 Å². The fourth-order valence-corrected chi connectivity index (χ4v) is 3.28. The molecule has 1 aromatic rings. The van der Waals surface area contributed by atoms with Crippen molar-refractivity contribution in [2.24, 2.45) is 5.92 Å². The Morgan fingerprint density at radius 3 is 2.37 bits per heavy atom. The lowest BCUT2D eigenvalue weighted by molar-refractivity contribution is 0.350. The normalized spacial score (nSPS) is 16.4. The number of rotatable bonds is 5. The number of ether oxygens (including phenoxy) is 2. The summed E-state index contributed by atoms with van der Waals surface area (Å²) in [6.07, 6.45) is 5.79. The van der Waals surface area contributed by atoms with E-state index >= 15 is 0 Å². The van der Waals surface area contributed by atoms with Crippen LogP contribution in [0.4, 0.5) is 0 Å². The second-order valence-electron chi connectivity index (χ2n) is 4.92. The average Bonchev–Trinajstić information content (AvgIpc) is 2.47. The predicted molar refractivity (Wildman–Crippen MR) is 80.6 cm³/mol. The Kier molecular flexibility index (Phi) is 5.40. The molecule has 1 fully saturated rings. The molecule has 1 heterocycles. The monoisotopic (exact) mass is 281 g/mol. The molecule has 2 rings (SSSR count). The van der Waals surface area contributed by atoms with Gasteiger partial charge in [0.25, 0.3) is 0 Å². The third-order valence-electron chi connectivity index (χ3n) is 3.75. The summed E-state index contributed by atoms with van der Waals surface area (Å²) < 4.78 is 10.8. The highest BCUT2D eigenvalue weighted by Crippen LogP contribution is 2.36. The van der Waals surface area contributed by atoms with Gasteiger partial charge in [0.2, 0.25) is 0 Å². The molecule has 0 atom stereocenters. The first-order valence-electron chi connectivity index (χ1n) is 6.78. The van der Waals surface area contributed by atoms with Gasteiger partial charge in [0.15, 0.2) is 11.5 Å². The standard InChI is InChI=1S/C15H23NO2S/c1-17-13-9-12(8-11-4-6-16-7-5-11)15(19-3)10-14(13)18-2/h9-11,16H,4-8H2,1-3H3. The molecular weight excluding hydrogens is 258 g/mol. The highest BCUT2D eigenvalue weighted by Gasteiger charge is 2.17. The summed E-state index contributed by atoms with van der Waals surface area (Å²) >= 11 is 1.78. The smallest absolute Gasteiger partial charge is 0.161 e. The third-order valence-corrected chi connectivity index (χ3v) is 4.57. The van der Waals surface area contributed by atoms with E-state index in [-0.39, 0.29) is 0 Å². The summed E-state index contributed by atoms with van der Waals surface area (Å²) in [5, 5.41) is 3.42. The molecule has 0 radical (unpaired) electrons. The fraction of sp³-hybridized carbons (Fsp3) is 0.600. The maximum Gasteiger partial charge on any atom is 0.161 e. The first-order chi connectivity index (χ1) is 9.28. The van der Waals surface area contributed by atoms with Crippen LogP contribution in [0.25, 0.3) is 0 Å². The summed E-state index contributed by atoms with van der Waals surface area (Å²) in [4.78, 5) is 1.30. The molecule has 1 N–H and O–H groups in total. The van der Waals surface area contributed by atoms with Crippen LogP contribution in [-0.2, 0) is 6.42 Å². The summed E-state index contributed by atoms with van der Waals surface area (Å²) in [7, 11) is 3.39. The van der Waals surface area contributed by atoms with E-state index in [4.69, 9.17) is 9.47 Å². The molecule has 1 aliphatic rings. The summed E-state index contributed by atoms with van der Waals surface area (Å²) in [5.74, 6) is 2.44. The van der Waals surface area contributed by atoms with Gasteiger partial charge in [-0.1, -0.05) is 0 Å². The number of piperidine rings is 1. The Morgan fingerprint density at radius 1 is 1.16 bits per heavy atom. The third kappa shape index (κ3) is 3.57. The topological polar surface area (TPSA) is 30.5 Å². The molecule has 4 heteroatoms. The number of hydrogen-bond acceptors (Lipinski definition) is 4. The van der Waals surface area contributed by atoms with Crippen LogP contribution < -0.4 is 14.8 Å². The van der Waals surface area contributed by atoms with Crippen LogP contribution in [0.3, 0.4) is 0 Å². The summed E-state index contributed by atoms with van der Waals surface area (Å²) in [6, 6.07) is 4.24. The first-order valence-corrected chi connectivity index (χ1v) is 8.00. The number of benzene rings is 1. The number of hydrogen-bond donors (Lipinski definition) is 1. The Hall–Kier alpha value is -0.870. The van der Waals surface area contributed by atoms with Crippen molar-refractivity contribution < 1.29 is 9.47 Å². The van der Waals surface area contributed by atoms with E-state index in [2.05, 4.69) is 23.7 Å². The van der Waals surface area contributed by atoms with Crippen molar-refractivity contribution in [1.29, 1.82) is 0 Å². The highest BCUT2D eigenvalue weighted by molar-refractivity contribution is 7.98. The SMILES string of the molecule is COc1cc(CC2CCNCC2)c(SC)cc1OC. The van der Waals surface area contributed by atoms with Crippen molar-refractivity contribution in [3.63, 3.8) is 0 Å². The van der Waals surface area contributed by atoms with Crippen LogP contribution in [0.1, 0.15) is 18.4 Å². The molecule has 0 aliphatic carbocycles. The second kappa shape index (κ2) is 7.06. The van der Waals surface area contributed by atoms with Gasteiger partial charge in [-0.2, -0.15) is 0 Å². The van der Waals surface area contributed by atoms with Crippen LogP contribution >= 0.6 is 11.8 Å². The summed E-state index contributed by atoms with van der Waals surface area (Å²) in [6.45, 7) is 2.29. The Balaban J connectivity index is 2.21. The molecule has 0 spiro atoms. The van der Waals surface area contributed by atoms with Crippen molar-refractivity contribution in [2.75, 3.05) is 33.6 Å². The molecule has 0 aromatic heterocycles. The molecule has 1 aromatic carbocycles. The van der Waals surface area contributed by atoms with Crippen LogP contribution in [0.2, 0.25) is 0 Å². The average molecular weight is 281 g/mol. The number of methoxy groups -OCH3 is 2. The first kappa shape index (κ1) is 14.5. The highest BCUT2D eigenvalue weighted by atomic mass is 32.2. The number of thioether (sulfide) groups is 1. The van der Waals surface area contributed by atoms with Crippen molar-refractivity contribution in [1.82, 2.24) is 5.32 Å². The minimum Gasteiger partial charge on any atom is -0.493 e. The zero-order valence-electron chi connectivity index (χ0n) is 12.0. The van der Waals surface area contributed by atoms with Gasteiger partial charge in [-0.05, 0) is 62.2 Å². The Morgan fingerprint density at radius 2 is 1.79 bits per heavy atom. The van der Waals surface area contributed by atoms with Gasteiger partial charge in [-0.3, -0.25) is 0 Å². The molecule has 0 saturated carbocycles. The Labute approximate surface area is 120 Å². The Bertz CT molecular complexity index is 417. The maximum absolute atomic E-state index is 5.42. The molecule has 3 nitrogen and oxygen atoms in total. The molecule has 106 valence electrons. The number of nitrogens with one attached hydrogen (secondary N) is 1. The van der Waals surface area contributed by atoms with Gasteiger partial charge < -0.3 is 14.8 Å². The van der Waals surface area contributed by atoms with Gasteiger partial charge in [-0.15, -0.1) is 11.8 Å². The van der Waals surface area contributed by atoms with Crippen molar-refractivity contribution in [2.45, 2.75) is 24.2 Å². The molecule has 1 saturated heterocycles. The maximum atomic E-state index is 5.42. The molecule has 0 bridgehead atoms. The predicted octanol–water partition coefficient (Wildman–Crippen LogP) is 2.97. The van der Waals surface area contributed by atoms with Gasteiger partial charge in [0.1, 0.15) is 0 Å². The van der Waals surface area contributed by atoms with E-state index in [0.29, 0.717) is 0 Å². The van der Waals surface area contributed by atoms with Crippen LogP contribution in [0, 0.1) is 5.92 Å². The molecular formula is C15H23NO2S. The van der Waals surface area contributed by atoms with Crippen LogP contribution in [0.15, 0.2) is 17.0 Å². The van der Waals surface area contributed by atoms with Gasteiger partial charge in [0.05, 0.1) is 14.2 Å². The van der Waals surface area contributed by atoms with Gasteiger partial charge in [-0.25, -0.2) is 0 Å². The zero-order chi connectivity index (χ0) is 13.7. The minimum atomic E-state index is 0.783. The van der Waals surface area contributed by atoms with Crippen molar-refractivity contribution in [3.8, 4) is 11.5 Å². The fourth-order valence-electron chi connectivity index (χ4n) is 2.65.